The lowest BCUT2D eigenvalue weighted by atomic mass is 10.2. The van der Waals surface area contributed by atoms with Crippen molar-refractivity contribution in [1.29, 1.82) is 0 Å². The van der Waals surface area contributed by atoms with Crippen molar-refractivity contribution in [3.8, 4) is 0 Å². The Labute approximate surface area is 98.6 Å². The Morgan fingerprint density at radius 2 is 2.06 bits per heavy atom. The van der Waals surface area contributed by atoms with Crippen LogP contribution < -0.4 is 0 Å². The highest BCUT2D eigenvalue weighted by Crippen LogP contribution is 2.18. The number of alkyl halides is 3. The van der Waals surface area contributed by atoms with Crippen molar-refractivity contribution in [2.24, 2.45) is 0 Å². The third-order valence-corrected chi connectivity index (χ3v) is 1.71. The number of esters is 2. The molecule has 0 spiro atoms. The van der Waals surface area contributed by atoms with Crippen molar-refractivity contribution in [1.82, 2.24) is 5.16 Å². The minimum absolute atomic E-state index is 0.0752. The highest BCUT2D eigenvalue weighted by molar-refractivity contribution is 5.90. The summed E-state index contributed by atoms with van der Waals surface area (Å²) in [7, 11) is 0. The molecule has 0 radical (unpaired) electrons. The van der Waals surface area contributed by atoms with Crippen molar-refractivity contribution in [2.75, 3.05) is 6.61 Å². The fraction of sp³-hybridized carbons (Fsp3) is 0.444. The Bertz CT molecular complexity index is 440. The maximum atomic E-state index is 11.8. The zero-order chi connectivity index (χ0) is 13.8. The maximum absolute atomic E-state index is 11.8. The molecule has 0 aliphatic rings. The molecular weight excluding hydrogens is 259 g/mol. The van der Waals surface area contributed by atoms with Crippen LogP contribution in [0, 0.1) is 0 Å². The number of carbonyl (C=O) groups excluding carboxylic acids is 2. The molecule has 0 saturated heterocycles. The van der Waals surface area contributed by atoms with Crippen molar-refractivity contribution in [2.45, 2.75) is 19.7 Å². The van der Waals surface area contributed by atoms with Gasteiger partial charge in [-0.15, -0.1) is 0 Å². The lowest BCUT2D eigenvalue weighted by molar-refractivity contribution is -0.201. The van der Waals surface area contributed by atoms with Gasteiger partial charge in [-0.2, -0.15) is 13.2 Å². The van der Waals surface area contributed by atoms with Crippen LogP contribution >= 0.6 is 0 Å². The Morgan fingerprint density at radius 3 is 2.61 bits per heavy atom. The predicted octanol–water partition coefficient (Wildman–Crippen LogP) is 1.46. The van der Waals surface area contributed by atoms with Crippen molar-refractivity contribution >= 4 is 11.9 Å². The van der Waals surface area contributed by atoms with E-state index in [1.54, 1.807) is 6.92 Å². The van der Waals surface area contributed by atoms with Gasteiger partial charge in [-0.05, 0) is 6.92 Å². The molecule has 0 saturated carbocycles. The molecule has 0 bridgehead atoms. The van der Waals surface area contributed by atoms with E-state index in [0.29, 0.717) is 0 Å². The molecule has 1 aromatic rings. The Balaban J connectivity index is 2.67. The largest absolute Gasteiger partial charge is 0.490 e. The second-order valence-corrected chi connectivity index (χ2v) is 2.97. The van der Waals surface area contributed by atoms with Gasteiger partial charge in [0.2, 0.25) is 0 Å². The minimum atomic E-state index is -5.10. The van der Waals surface area contributed by atoms with Gasteiger partial charge in [0.1, 0.15) is 24.1 Å². The molecule has 9 heteroatoms. The van der Waals surface area contributed by atoms with E-state index in [2.05, 4.69) is 19.2 Å². The van der Waals surface area contributed by atoms with E-state index in [0.717, 1.165) is 6.26 Å². The summed E-state index contributed by atoms with van der Waals surface area (Å²) in [6.45, 7) is 0.795. The number of hydrogen-bond acceptors (Lipinski definition) is 6. The summed E-state index contributed by atoms with van der Waals surface area (Å²) in [6.07, 6.45) is -4.21. The van der Waals surface area contributed by atoms with E-state index in [1.165, 1.54) is 0 Å². The zero-order valence-electron chi connectivity index (χ0n) is 9.11. The Morgan fingerprint density at radius 1 is 1.39 bits per heavy atom. The van der Waals surface area contributed by atoms with E-state index >= 15 is 0 Å². The second kappa shape index (κ2) is 5.52. The van der Waals surface area contributed by atoms with Crippen LogP contribution in [0.2, 0.25) is 0 Å². The molecule has 0 aliphatic carbocycles. The van der Waals surface area contributed by atoms with Gasteiger partial charge in [0.25, 0.3) is 0 Å². The van der Waals surface area contributed by atoms with Gasteiger partial charge in [-0.25, -0.2) is 9.59 Å². The van der Waals surface area contributed by atoms with E-state index in [9.17, 15) is 22.8 Å². The Kier molecular flexibility index (Phi) is 4.29. The van der Waals surface area contributed by atoms with Crippen LogP contribution in [0.25, 0.3) is 0 Å². The minimum Gasteiger partial charge on any atom is -0.462 e. The van der Waals surface area contributed by atoms with Crippen molar-refractivity contribution in [3.05, 3.63) is 17.5 Å². The number of ether oxygens (including phenoxy) is 2. The molecule has 18 heavy (non-hydrogen) atoms. The molecule has 0 fully saturated rings. The third kappa shape index (κ3) is 3.47. The standard InChI is InChI=1S/C9H8F3NO5/c1-2-16-7(14)5-3-18-13-6(5)4-17-8(15)9(10,11)12/h3H,2,4H2,1H3. The predicted molar refractivity (Wildman–Crippen MR) is 48.3 cm³/mol. The van der Waals surface area contributed by atoms with Crippen LogP contribution in [0.15, 0.2) is 10.8 Å². The smallest absolute Gasteiger partial charge is 0.462 e. The lowest BCUT2D eigenvalue weighted by Crippen LogP contribution is -2.25. The van der Waals surface area contributed by atoms with Gasteiger partial charge >= 0.3 is 18.1 Å². The molecule has 0 amide bonds. The van der Waals surface area contributed by atoms with Gasteiger partial charge in [0.05, 0.1) is 6.61 Å². The SMILES string of the molecule is CCOC(=O)c1conc1COC(=O)C(F)(F)F. The third-order valence-electron chi connectivity index (χ3n) is 1.71. The second-order valence-electron chi connectivity index (χ2n) is 2.97. The van der Waals surface area contributed by atoms with Gasteiger partial charge in [-0.1, -0.05) is 5.16 Å². The number of rotatable bonds is 4. The topological polar surface area (TPSA) is 78.6 Å². The van der Waals surface area contributed by atoms with Crippen molar-refractivity contribution < 1.29 is 36.8 Å². The molecule has 1 heterocycles. The summed E-state index contributed by atoms with van der Waals surface area (Å²) in [4.78, 5) is 21.7. The van der Waals surface area contributed by atoms with E-state index < -0.39 is 24.7 Å². The molecule has 1 aromatic heterocycles. The summed E-state index contributed by atoms with van der Waals surface area (Å²) in [6, 6.07) is 0. The van der Waals surface area contributed by atoms with Crippen LogP contribution in [-0.2, 0) is 20.9 Å². The van der Waals surface area contributed by atoms with E-state index in [-0.39, 0.29) is 17.9 Å². The van der Waals surface area contributed by atoms with E-state index in [1.807, 2.05) is 0 Å². The van der Waals surface area contributed by atoms with Crippen LogP contribution in [-0.4, -0.2) is 29.9 Å². The summed E-state index contributed by atoms with van der Waals surface area (Å²) in [5, 5.41) is 3.25. The quantitative estimate of drug-likeness (QED) is 0.768. The van der Waals surface area contributed by atoms with Gasteiger partial charge < -0.3 is 14.0 Å². The van der Waals surface area contributed by atoms with Crippen LogP contribution in [0.3, 0.4) is 0 Å². The first-order valence-corrected chi connectivity index (χ1v) is 4.70. The monoisotopic (exact) mass is 267 g/mol. The summed E-state index contributed by atoms with van der Waals surface area (Å²) >= 11 is 0. The number of carbonyl (C=O) groups is 2. The molecule has 0 aromatic carbocycles. The zero-order valence-corrected chi connectivity index (χ0v) is 9.11. The van der Waals surface area contributed by atoms with Gasteiger partial charge in [0.15, 0.2) is 0 Å². The number of nitrogens with zero attached hydrogens (tertiary/aromatic N) is 1. The average Bonchev–Trinajstić information content (AvgIpc) is 2.72. The number of hydrogen-bond donors (Lipinski definition) is 0. The summed E-state index contributed by atoms with van der Waals surface area (Å²) in [5.41, 5.74) is -0.433. The number of aromatic nitrogens is 1. The van der Waals surface area contributed by atoms with Gasteiger partial charge in [0, 0.05) is 0 Å². The highest BCUT2D eigenvalue weighted by atomic mass is 19.4. The Hall–Kier alpha value is -2.06. The molecule has 0 unspecified atom stereocenters. The fourth-order valence-electron chi connectivity index (χ4n) is 0.954. The molecule has 100 valence electrons. The molecule has 0 aliphatic heterocycles. The highest BCUT2D eigenvalue weighted by Gasteiger charge is 2.41. The summed E-state index contributed by atoms with van der Waals surface area (Å²) < 4.78 is 48.5. The maximum Gasteiger partial charge on any atom is 0.490 e. The molecule has 0 N–H and O–H groups in total. The fourth-order valence-corrected chi connectivity index (χ4v) is 0.954. The molecule has 6 nitrogen and oxygen atoms in total. The first-order chi connectivity index (χ1) is 8.36. The lowest BCUT2D eigenvalue weighted by Gasteiger charge is -2.06. The average molecular weight is 267 g/mol. The first kappa shape index (κ1) is 14.0. The molecular formula is C9H8F3NO5. The van der Waals surface area contributed by atoms with Crippen LogP contribution in [0.1, 0.15) is 23.0 Å². The normalized spacial score (nSPS) is 11.1. The van der Waals surface area contributed by atoms with Crippen molar-refractivity contribution in [3.63, 3.8) is 0 Å². The van der Waals surface area contributed by atoms with Gasteiger partial charge in [-0.3, -0.25) is 0 Å². The first-order valence-electron chi connectivity index (χ1n) is 4.70. The van der Waals surface area contributed by atoms with E-state index in [4.69, 9.17) is 0 Å². The molecule has 1 rings (SSSR count). The van der Waals surface area contributed by atoms with Crippen LogP contribution in [0.5, 0.6) is 0 Å². The van der Waals surface area contributed by atoms with Crippen LogP contribution in [0.4, 0.5) is 13.2 Å². The molecule has 0 atom stereocenters. The summed E-state index contributed by atoms with van der Waals surface area (Å²) in [5.74, 6) is -3.20. The number of halogens is 3.